The number of benzene rings is 1. The van der Waals surface area contributed by atoms with E-state index in [2.05, 4.69) is 10.6 Å². The van der Waals surface area contributed by atoms with Crippen LogP contribution in [0.25, 0.3) is 0 Å². The molecule has 0 fully saturated rings. The molecular formula is C15H21N3O5. The molecule has 0 radical (unpaired) electrons. The van der Waals surface area contributed by atoms with Crippen molar-refractivity contribution in [1.29, 1.82) is 0 Å². The van der Waals surface area contributed by atoms with Gasteiger partial charge in [0.2, 0.25) is 5.91 Å². The van der Waals surface area contributed by atoms with E-state index in [4.69, 9.17) is 4.74 Å². The Hall–Kier alpha value is -2.48. The number of non-ortho nitro benzene ring substituents is 1. The van der Waals surface area contributed by atoms with Gasteiger partial charge in [-0.25, -0.2) is 0 Å². The second-order valence-electron chi connectivity index (χ2n) is 5.11. The maximum Gasteiger partial charge on any atom is 0.270 e. The van der Waals surface area contributed by atoms with Gasteiger partial charge in [0.05, 0.1) is 17.6 Å². The molecule has 0 saturated carbocycles. The highest BCUT2D eigenvalue weighted by atomic mass is 16.6. The Labute approximate surface area is 134 Å². The third-order valence-corrected chi connectivity index (χ3v) is 2.82. The van der Waals surface area contributed by atoms with E-state index in [9.17, 15) is 19.7 Å². The lowest BCUT2D eigenvalue weighted by molar-refractivity contribution is -0.384. The highest BCUT2D eigenvalue weighted by Crippen LogP contribution is 2.12. The third-order valence-electron chi connectivity index (χ3n) is 2.82. The number of rotatable bonds is 9. The van der Waals surface area contributed by atoms with Crippen LogP contribution in [0.15, 0.2) is 24.3 Å². The molecule has 1 aromatic rings. The van der Waals surface area contributed by atoms with Crippen LogP contribution in [0.5, 0.6) is 0 Å². The van der Waals surface area contributed by atoms with Gasteiger partial charge in [-0.3, -0.25) is 19.7 Å². The fourth-order valence-electron chi connectivity index (χ4n) is 1.70. The molecule has 8 heteroatoms. The van der Waals surface area contributed by atoms with E-state index in [1.165, 1.54) is 18.2 Å². The predicted octanol–water partition coefficient (Wildman–Crippen LogP) is 1.26. The highest BCUT2D eigenvalue weighted by molar-refractivity contribution is 5.96. The second kappa shape index (κ2) is 9.52. The Balaban J connectivity index is 2.31. The zero-order chi connectivity index (χ0) is 17.2. The number of hydrogen-bond acceptors (Lipinski definition) is 5. The van der Waals surface area contributed by atoms with Crippen LogP contribution in [-0.4, -0.2) is 42.5 Å². The largest absolute Gasteiger partial charge is 0.379 e. The number of hydrogen-bond donors (Lipinski definition) is 2. The van der Waals surface area contributed by atoms with Crippen LogP contribution in [-0.2, 0) is 9.53 Å². The summed E-state index contributed by atoms with van der Waals surface area (Å²) in [5.41, 5.74) is -0.0374. The lowest BCUT2D eigenvalue weighted by Gasteiger charge is -2.09. The fraction of sp³-hybridized carbons (Fsp3) is 0.467. The first-order valence-electron chi connectivity index (χ1n) is 7.31. The quantitative estimate of drug-likeness (QED) is 0.404. The fourth-order valence-corrected chi connectivity index (χ4v) is 1.70. The van der Waals surface area contributed by atoms with E-state index in [1.807, 2.05) is 13.8 Å². The average Bonchev–Trinajstić information content (AvgIpc) is 2.52. The van der Waals surface area contributed by atoms with Crippen molar-refractivity contribution < 1.29 is 19.2 Å². The molecule has 2 amide bonds. The topological polar surface area (TPSA) is 111 Å². The number of nitro benzene ring substituents is 1. The first kappa shape index (κ1) is 18.6. The summed E-state index contributed by atoms with van der Waals surface area (Å²) in [6.07, 6.45) is 0.836. The number of nitrogens with zero attached hydrogens (tertiary/aromatic N) is 1. The van der Waals surface area contributed by atoms with Gasteiger partial charge in [-0.15, -0.1) is 0 Å². The van der Waals surface area contributed by atoms with E-state index in [-0.39, 0.29) is 29.8 Å². The summed E-state index contributed by atoms with van der Waals surface area (Å²) in [5, 5.41) is 15.7. The molecular weight excluding hydrogens is 302 g/mol. The van der Waals surface area contributed by atoms with Gasteiger partial charge in [0.15, 0.2) is 0 Å². The Morgan fingerprint density at radius 2 is 2.04 bits per heavy atom. The molecule has 0 atom stereocenters. The summed E-state index contributed by atoms with van der Waals surface area (Å²) in [4.78, 5) is 33.5. The monoisotopic (exact) mass is 323 g/mol. The number of amides is 2. The number of ether oxygens (including phenoxy) is 1. The van der Waals surface area contributed by atoms with Gasteiger partial charge in [0.1, 0.15) is 0 Å². The molecule has 0 unspecified atom stereocenters. The Bertz CT molecular complexity index is 560. The molecule has 2 N–H and O–H groups in total. The molecule has 0 aliphatic heterocycles. The lowest BCUT2D eigenvalue weighted by atomic mass is 10.2. The van der Waals surface area contributed by atoms with Crippen molar-refractivity contribution in [3.63, 3.8) is 0 Å². The summed E-state index contributed by atoms with van der Waals surface area (Å²) in [6.45, 7) is 4.69. The highest BCUT2D eigenvalue weighted by Gasteiger charge is 2.12. The number of nitro groups is 1. The average molecular weight is 323 g/mol. The zero-order valence-corrected chi connectivity index (χ0v) is 13.2. The molecule has 1 aromatic carbocycles. The maximum atomic E-state index is 11.8. The smallest absolute Gasteiger partial charge is 0.270 e. The van der Waals surface area contributed by atoms with E-state index in [1.54, 1.807) is 0 Å². The van der Waals surface area contributed by atoms with Crippen molar-refractivity contribution in [2.75, 3.05) is 19.7 Å². The maximum absolute atomic E-state index is 11.8. The van der Waals surface area contributed by atoms with Crippen molar-refractivity contribution in [1.82, 2.24) is 10.6 Å². The molecule has 0 spiro atoms. The summed E-state index contributed by atoms with van der Waals surface area (Å²) >= 11 is 0. The van der Waals surface area contributed by atoms with Gasteiger partial charge in [-0.1, -0.05) is 6.07 Å². The summed E-state index contributed by atoms with van der Waals surface area (Å²) in [7, 11) is 0. The van der Waals surface area contributed by atoms with Gasteiger partial charge in [-0.2, -0.15) is 0 Å². The SMILES string of the molecule is CC(C)OCCCNC(=O)CNC(=O)c1cccc([N+](=O)[O-])c1. The first-order valence-corrected chi connectivity index (χ1v) is 7.31. The Kier molecular flexibility index (Phi) is 7.69. The molecule has 23 heavy (non-hydrogen) atoms. The van der Waals surface area contributed by atoms with Crippen molar-refractivity contribution in [3.8, 4) is 0 Å². The Morgan fingerprint density at radius 3 is 2.70 bits per heavy atom. The summed E-state index contributed by atoms with van der Waals surface area (Å²) in [6, 6.07) is 5.32. The summed E-state index contributed by atoms with van der Waals surface area (Å²) < 4.78 is 5.33. The molecule has 8 nitrogen and oxygen atoms in total. The number of carbonyl (C=O) groups is 2. The van der Waals surface area contributed by atoms with Crippen LogP contribution < -0.4 is 10.6 Å². The minimum Gasteiger partial charge on any atom is -0.379 e. The lowest BCUT2D eigenvalue weighted by Crippen LogP contribution is -2.37. The zero-order valence-electron chi connectivity index (χ0n) is 13.2. The molecule has 0 aliphatic carbocycles. The molecule has 0 bridgehead atoms. The van der Waals surface area contributed by atoms with Crippen LogP contribution >= 0.6 is 0 Å². The molecule has 1 rings (SSSR count). The normalized spacial score (nSPS) is 10.4. The van der Waals surface area contributed by atoms with Crippen molar-refractivity contribution >= 4 is 17.5 Å². The predicted molar refractivity (Wildman–Crippen MR) is 84.1 cm³/mol. The van der Waals surface area contributed by atoms with E-state index in [0.29, 0.717) is 19.6 Å². The molecule has 0 aliphatic rings. The second-order valence-corrected chi connectivity index (χ2v) is 5.11. The molecule has 0 saturated heterocycles. The van der Waals surface area contributed by atoms with Gasteiger partial charge in [-0.05, 0) is 26.3 Å². The van der Waals surface area contributed by atoms with Crippen molar-refractivity contribution in [2.45, 2.75) is 26.4 Å². The minimum absolute atomic E-state index is 0.136. The molecule has 126 valence electrons. The standard InChI is InChI=1S/C15H21N3O5/c1-11(2)23-8-4-7-16-14(19)10-17-15(20)12-5-3-6-13(9-12)18(21)22/h3,5-6,9,11H,4,7-8,10H2,1-2H3,(H,16,19)(H,17,20). The van der Waals surface area contributed by atoms with E-state index in [0.717, 1.165) is 6.07 Å². The van der Waals surface area contributed by atoms with Gasteiger partial charge in [0, 0.05) is 30.8 Å². The van der Waals surface area contributed by atoms with Crippen molar-refractivity contribution in [2.24, 2.45) is 0 Å². The van der Waals surface area contributed by atoms with Crippen LogP contribution in [0.1, 0.15) is 30.6 Å². The van der Waals surface area contributed by atoms with Crippen molar-refractivity contribution in [3.05, 3.63) is 39.9 Å². The number of carbonyl (C=O) groups excluding carboxylic acids is 2. The van der Waals surface area contributed by atoms with Crippen LogP contribution in [0.4, 0.5) is 5.69 Å². The first-order chi connectivity index (χ1) is 10.9. The number of nitrogens with one attached hydrogen (secondary N) is 2. The summed E-state index contributed by atoms with van der Waals surface area (Å²) in [5.74, 6) is -0.861. The molecule has 0 heterocycles. The van der Waals surface area contributed by atoms with Crippen LogP contribution in [0.3, 0.4) is 0 Å². The Morgan fingerprint density at radius 1 is 1.30 bits per heavy atom. The van der Waals surface area contributed by atoms with Gasteiger partial charge in [0.25, 0.3) is 11.6 Å². The van der Waals surface area contributed by atoms with Crippen LogP contribution in [0.2, 0.25) is 0 Å². The minimum atomic E-state index is -0.581. The third kappa shape index (κ3) is 7.37. The van der Waals surface area contributed by atoms with Gasteiger partial charge >= 0.3 is 0 Å². The van der Waals surface area contributed by atoms with Gasteiger partial charge < -0.3 is 15.4 Å². The van der Waals surface area contributed by atoms with E-state index >= 15 is 0 Å². The van der Waals surface area contributed by atoms with Crippen LogP contribution in [0, 0.1) is 10.1 Å². The van der Waals surface area contributed by atoms with E-state index < -0.39 is 10.8 Å². The molecule has 0 aromatic heterocycles.